The van der Waals surface area contributed by atoms with Crippen LogP contribution in [0.3, 0.4) is 0 Å². The number of rotatable bonds is 3. The van der Waals surface area contributed by atoms with Crippen molar-refractivity contribution in [3.63, 3.8) is 0 Å². The van der Waals surface area contributed by atoms with Gasteiger partial charge in [0.25, 0.3) is 0 Å². The topological polar surface area (TPSA) is 60.5 Å². The molecule has 0 aliphatic heterocycles. The van der Waals surface area contributed by atoms with Gasteiger partial charge in [-0.15, -0.1) is 0 Å². The van der Waals surface area contributed by atoms with E-state index in [1.54, 1.807) is 12.1 Å². The molecule has 0 aliphatic rings. The van der Waals surface area contributed by atoms with E-state index in [0.29, 0.717) is 11.6 Å². The van der Waals surface area contributed by atoms with Gasteiger partial charge in [-0.3, -0.25) is 5.32 Å². The molecule has 1 aromatic carbocycles. The summed E-state index contributed by atoms with van der Waals surface area (Å²) in [6.07, 6.45) is 0.982. The van der Waals surface area contributed by atoms with Crippen LogP contribution in [0.5, 0.6) is 11.6 Å². The fraction of sp³-hybridized carbons (Fsp3) is 0.200. The van der Waals surface area contributed by atoms with E-state index in [9.17, 15) is 4.79 Å². The number of methoxy groups -OCH3 is 1. The molecule has 5 nitrogen and oxygen atoms in total. The van der Waals surface area contributed by atoms with Gasteiger partial charge in [0.2, 0.25) is 5.88 Å². The number of hydrogen-bond acceptors (Lipinski definition) is 4. The monoisotopic (exact) mass is 272 g/mol. The molecular weight excluding hydrogens is 256 g/mol. The van der Waals surface area contributed by atoms with E-state index in [-0.39, 0.29) is 0 Å². The van der Waals surface area contributed by atoms with Crippen LogP contribution in [0, 0.1) is 13.8 Å². The van der Waals surface area contributed by atoms with Gasteiger partial charge in [-0.1, -0.05) is 18.2 Å². The summed E-state index contributed by atoms with van der Waals surface area (Å²) in [5.41, 5.74) is 2.64. The van der Waals surface area contributed by atoms with Crippen molar-refractivity contribution < 1.29 is 14.3 Å². The Morgan fingerprint density at radius 3 is 2.40 bits per heavy atom. The van der Waals surface area contributed by atoms with Crippen molar-refractivity contribution in [3.05, 3.63) is 47.7 Å². The number of hydrogen-bond donors (Lipinski definition) is 1. The Balaban J connectivity index is 2.13. The molecule has 0 aliphatic carbocycles. The highest BCUT2D eigenvalue weighted by atomic mass is 16.5. The summed E-state index contributed by atoms with van der Waals surface area (Å²) in [4.78, 5) is 15.2. The summed E-state index contributed by atoms with van der Waals surface area (Å²) >= 11 is 0. The Morgan fingerprint density at radius 2 is 1.85 bits per heavy atom. The maximum Gasteiger partial charge on any atom is 0.411 e. The molecule has 0 radical (unpaired) electrons. The highest BCUT2D eigenvalue weighted by Crippen LogP contribution is 2.27. The zero-order valence-electron chi connectivity index (χ0n) is 11.6. The summed E-state index contributed by atoms with van der Waals surface area (Å²) in [5, 5.41) is 2.53. The number of carbonyl (C=O) groups is 1. The van der Waals surface area contributed by atoms with Gasteiger partial charge in [-0.05, 0) is 31.0 Å². The summed E-state index contributed by atoms with van der Waals surface area (Å²) in [7, 11) is 1.31. The van der Waals surface area contributed by atoms with Crippen LogP contribution in [0.2, 0.25) is 0 Å². The lowest BCUT2D eigenvalue weighted by molar-refractivity contribution is 0.187. The average molecular weight is 272 g/mol. The van der Waals surface area contributed by atoms with Crippen LogP contribution in [0.4, 0.5) is 10.5 Å². The number of amides is 1. The second-order valence-electron chi connectivity index (χ2n) is 4.32. The van der Waals surface area contributed by atoms with Crippen LogP contribution in [-0.4, -0.2) is 18.2 Å². The van der Waals surface area contributed by atoms with Crippen LogP contribution in [0.1, 0.15) is 11.1 Å². The number of aromatic nitrogens is 1. The normalized spacial score (nSPS) is 9.95. The fourth-order valence-electron chi connectivity index (χ4n) is 1.75. The zero-order valence-corrected chi connectivity index (χ0v) is 11.6. The Labute approximate surface area is 117 Å². The van der Waals surface area contributed by atoms with Crippen LogP contribution in [0.15, 0.2) is 36.5 Å². The highest BCUT2D eigenvalue weighted by molar-refractivity contribution is 5.84. The largest absolute Gasteiger partial charge is 0.453 e. The maximum atomic E-state index is 11.1. The zero-order chi connectivity index (χ0) is 14.5. The van der Waals surface area contributed by atoms with Gasteiger partial charge in [-0.2, -0.15) is 0 Å². The molecule has 1 N–H and O–H groups in total. The number of para-hydroxylation sites is 1. The smallest absolute Gasteiger partial charge is 0.411 e. The molecule has 0 saturated heterocycles. The lowest BCUT2D eigenvalue weighted by atomic mass is 10.1. The van der Waals surface area contributed by atoms with Crippen molar-refractivity contribution in [3.8, 4) is 11.6 Å². The second kappa shape index (κ2) is 6.06. The molecule has 0 unspecified atom stereocenters. The van der Waals surface area contributed by atoms with Crippen molar-refractivity contribution in [1.29, 1.82) is 0 Å². The standard InChI is InChI=1S/C15H16N2O3/c1-10-5-4-6-11(2)14(10)20-13-8-7-12(9-16-13)17-15(18)19-3/h4-9H,1-3H3,(H,17,18). The van der Waals surface area contributed by atoms with Crippen LogP contribution in [-0.2, 0) is 4.74 Å². The summed E-state index contributed by atoms with van der Waals surface area (Å²) < 4.78 is 10.3. The van der Waals surface area contributed by atoms with E-state index in [1.807, 2.05) is 32.0 Å². The molecule has 0 fully saturated rings. The fourth-order valence-corrected chi connectivity index (χ4v) is 1.75. The third kappa shape index (κ3) is 3.26. The molecule has 0 saturated carbocycles. The molecule has 2 aromatic rings. The molecule has 1 aromatic heterocycles. The van der Waals surface area contributed by atoms with Gasteiger partial charge >= 0.3 is 6.09 Å². The van der Waals surface area contributed by atoms with Gasteiger partial charge < -0.3 is 9.47 Å². The molecule has 1 amide bonds. The van der Waals surface area contributed by atoms with E-state index < -0.39 is 6.09 Å². The molecule has 20 heavy (non-hydrogen) atoms. The summed E-state index contributed by atoms with van der Waals surface area (Å²) in [6, 6.07) is 9.34. The Morgan fingerprint density at radius 1 is 1.15 bits per heavy atom. The number of ether oxygens (including phenoxy) is 2. The number of nitrogens with zero attached hydrogens (tertiary/aromatic N) is 1. The molecule has 1 heterocycles. The van der Waals surface area contributed by atoms with E-state index in [2.05, 4.69) is 15.0 Å². The Kier molecular flexibility index (Phi) is 4.20. The van der Waals surface area contributed by atoms with Gasteiger partial charge in [0.05, 0.1) is 19.0 Å². The van der Waals surface area contributed by atoms with E-state index >= 15 is 0 Å². The molecule has 0 atom stereocenters. The third-order valence-corrected chi connectivity index (χ3v) is 2.78. The molecule has 5 heteroatoms. The Hall–Kier alpha value is -2.56. The lowest BCUT2D eigenvalue weighted by Crippen LogP contribution is -2.10. The third-order valence-electron chi connectivity index (χ3n) is 2.78. The predicted octanol–water partition coefficient (Wildman–Crippen LogP) is 3.67. The van der Waals surface area contributed by atoms with Crippen LogP contribution in [0.25, 0.3) is 0 Å². The SMILES string of the molecule is COC(=O)Nc1ccc(Oc2c(C)cccc2C)nc1. The number of benzene rings is 1. The average Bonchev–Trinajstić information content (AvgIpc) is 2.44. The maximum absolute atomic E-state index is 11.1. The first-order chi connectivity index (χ1) is 9.60. The molecule has 0 spiro atoms. The molecular formula is C15H16N2O3. The number of carbonyl (C=O) groups excluding carboxylic acids is 1. The van der Waals surface area contributed by atoms with Crippen molar-refractivity contribution in [1.82, 2.24) is 4.98 Å². The quantitative estimate of drug-likeness (QED) is 0.926. The van der Waals surface area contributed by atoms with Gasteiger partial charge in [0.1, 0.15) is 5.75 Å². The minimum Gasteiger partial charge on any atom is -0.453 e. The van der Waals surface area contributed by atoms with E-state index in [1.165, 1.54) is 13.3 Å². The van der Waals surface area contributed by atoms with Crippen molar-refractivity contribution >= 4 is 11.8 Å². The Bertz CT molecular complexity index is 589. The molecule has 104 valence electrons. The first-order valence-corrected chi connectivity index (χ1v) is 6.15. The molecule has 2 rings (SSSR count). The van der Waals surface area contributed by atoms with E-state index in [4.69, 9.17) is 4.74 Å². The number of anilines is 1. The van der Waals surface area contributed by atoms with Crippen molar-refractivity contribution in [2.75, 3.05) is 12.4 Å². The van der Waals surface area contributed by atoms with Gasteiger partial charge in [0.15, 0.2) is 0 Å². The van der Waals surface area contributed by atoms with E-state index in [0.717, 1.165) is 16.9 Å². The van der Waals surface area contributed by atoms with Crippen LogP contribution >= 0.6 is 0 Å². The second-order valence-corrected chi connectivity index (χ2v) is 4.32. The first-order valence-electron chi connectivity index (χ1n) is 6.15. The minimum absolute atomic E-state index is 0.470. The first kappa shape index (κ1) is 13.9. The number of nitrogens with one attached hydrogen (secondary N) is 1. The van der Waals surface area contributed by atoms with Crippen molar-refractivity contribution in [2.24, 2.45) is 0 Å². The van der Waals surface area contributed by atoms with Crippen molar-refractivity contribution in [2.45, 2.75) is 13.8 Å². The van der Waals surface area contributed by atoms with Crippen LogP contribution < -0.4 is 10.1 Å². The lowest BCUT2D eigenvalue weighted by Gasteiger charge is -2.11. The highest BCUT2D eigenvalue weighted by Gasteiger charge is 2.06. The molecule has 0 bridgehead atoms. The summed E-state index contributed by atoms with van der Waals surface area (Å²) in [6.45, 7) is 3.96. The van der Waals surface area contributed by atoms with Gasteiger partial charge in [0, 0.05) is 6.07 Å². The number of pyridine rings is 1. The number of aryl methyl sites for hydroxylation is 2. The predicted molar refractivity (Wildman–Crippen MR) is 76.3 cm³/mol. The summed E-state index contributed by atoms with van der Waals surface area (Å²) in [5.74, 6) is 1.27. The van der Waals surface area contributed by atoms with Gasteiger partial charge in [-0.25, -0.2) is 9.78 Å². The minimum atomic E-state index is -0.532.